The van der Waals surface area contributed by atoms with Crippen LogP contribution in [-0.2, 0) is 13.0 Å². The van der Waals surface area contributed by atoms with Crippen LogP contribution >= 0.6 is 0 Å². The van der Waals surface area contributed by atoms with Crippen LogP contribution in [0.1, 0.15) is 24.2 Å². The van der Waals surface area contributed by atoms with Crippen LogP contribution in [0.4, 0.5) is 8.78 Å². The fourth-order valence-electron chi connectivity index (χ4n) is 2.44. The third-order valence-corrected chi connectivity index (χ3v) is 3.41. The molecule has 0 aliphatic carbocycles. The predicted molar refractivity (Wildman–Crippen MR) is 76.3 cm³/mol. The third-order valence-electron chi connectivity index (χ3n) is 3.41. The Bertz CT molecular complexity index is 571. The Kier molecular flexibility index (Phi) is 4.90. The number of likely N-dealkylation sites (N-methyl/N-ethyl adjacent to an activating group) is 1. The lowest BCUT2D eigenvalue weighted by molar-refractivity contribution is 0.394. The van der Waals surface area contributed by atoms with Gasteiger partial charge in [0.2, 0.25) is 0 Å². The molecule has 1 aromatic carbocycles. The number of aryl methyl sites for hydroxylation is 1. The van der Waals surface area contributed by atoms with Crippen molar-refractivity contribution in [2.45, 2.75) is 25.9 Å². The molecule has 0 radical (unpaired) electrons. The van der Waals surface area contributed by atoms with E-state index in [0.717, 1.165) is 11.8 Å². The van der Waals surface area contributed by atoms with Crippen molar-refractivity contribution in [1.29, 1.82) is 0 Å². The largest absolute Gasteiger partial charge is 0.493 e. The fourth-order valence-corrected chi connectivity index (χ4v) is 2.44. The zero-order valence-corrected chi connectivity index (χ0v) is 12.4. The maximum atomic E-state index is 13.3. The Hall–Kier alpha value is -1.95. The Labute approximate surface area is 122 Å². The topological polar surface area (TPSA) is 39.1 Å². The van der Waals surface area contributed by atoms with Gasteiger partial charge < -0.3 is 10.1 Å². The first-order valence-electron chi connectivity index (χ1n) is 6.81. The van der Waals surface area contributed by atoms with E-state index in [0.29, 0.717) is 24.3 Å². The molecule has 4 nitrogen and oxygen atoms in total. The molecule has 6 heteroatoms. The molecule has 1 atom stereocenters. The summed E-state index contributed by atoms with van der Waals surface area (Å²) in [5, 5.41) is 7.41. The van der Waals surface area contributed by atoms with Crippen LogP contribution in [-0.4, -0.2) is 23.9 Å². The van der Waals surface area contributed by atoms with Gasteiger partial charge in [-0.05, 0) is 38.1 Å². The summed E-state index contributed by atoms with van der Waals surface area (Å²) in [7, 11) is 3.38. The lowest BCUT2D eigenvalue weighted by atomic mass is 10.0. The van der Waals surface area contributed by atoms with Crippen LogP contribution in [0.3, 0.4) is 0 Å². The van der Waals surface area contributed by atoms with Crippen LogP contribution in [0.15, 0.2) is 24.4 Å². The SMILES string of the molecule is CCn1ncc(OC)c1C(Cc1cc(F)cc(F)c1)NC. The number of hydrogen-bond acceptors (Lipinski definition) is 3. The molecule has 0 saturated heterocycles. The summed E-state index contributed by atoms with van der Waals surface area (Å²) in [4.78, 5) is 0. The van der Waals surface area contributed by atoms with E-state index in [9.17, 15) is 8.78 Å². The first-order chi connectivity index (χ1) is 10.1. The van der Waals surface area contributed by atoms with Crippen molar-refractivity contribution in [2.24, 2.45) is 0 Å². The summed E-state index contributed by atoms with van der Waals surface area (Å²) in [6.45, 7) is 2.67. The highest BCUT2D eigenvalue weighted by molar-refractivity contribution is 5.30. The van der Waals surface area contributed by atoms with Crippen LogP contribution in [0.5, 0.6) is 5.75 Å². The van der Waals surface area contributed by atoms with Crippen molar-refractivity contribution in [3.63, 3.8) is 0 Å². The van der Waals surface area contributed by atoms with E-state index in [-0.39, 0.29) is 6.04 Å². The highest BCUT2D eigenvalue weighted by Gasteiger charge is 2.21. The highest BCUT2D eigenvalue weighted by Crippen LogP contribution is 2.27. The van der Waals surface area contributed by atoms with Crippen molar-refractivity contribution >= 4 is 0 Å². The van der Waals surface area contributed by atoms with Crippen LogP contribution < -0.4 is 10.1 Å². The number of rotatable bonds is 6. The molecule has 1 unspecified atom stereocenters. The summed E-state index contributed by atoms with van der Waals surface area (Å²) in [5.74, 6) is -0.486. The Morgan fingerprint density at radius 3 is 2.48 bits per heavy atom. The highest BCUT2D eigenvalue weighted by atomic mass is 19.1. The number of nitrogens with zero attached hydrogens (tertiary/aromatic N) is 2. The molecule has 0 amide bonds. The van der Waals surface area contributed by atoms with Crippen molar-refractivity contribution in [3.8, 4) is 5.75 Å². The third kappa shape index (κ3) is 3.39. The Morgan fingerprint density at radius 1 is 1.29 bits per heavy atom. The maximum Gasteiger partial charge on any atom is 0.161 e. The number of halogens is 2. The smallest absolute Gasteiger partial charge is 0.161 e. The molecule has 1 N–H and O–H groups in total. The van der Waals surface area contributed by atoms with E-state index in [2.05, 4.69) is 10.4 Å². The van der Waals surface area contributed by atoms with E-state index in [4.69, 9.17) is 4.74 Å². The van der Waals surface area contributed by atoms with Gasteiger partial charge in [-0.1, -0.05) is 0 Å². The minimum absolute atomic E-state index is 0.149. The van der Waals surface area contributed by atoms with E-state index in [1.807, 2.05) is 11.6 Å². The van der Waals surface area contributed by atoms with E-state index in [1.54, 1.807) is 20.4 Å². The molecule has 0 aliphatic rings. The first-order valence-corrected chi connectivity index (χ1v) is 6.81. The molecule has 0 fully saturated rings. The average molecular weight is 295 g/mol. The minimum atomic E-state index is -0.573. The summed E-state index contributed by atoms with van der Waals surface area (Å²) in [6.07, 6.45) is 2.09. The zero-order chi connectivity index (χ0) is 15.4. The fraction of sp³-hybridized carbons (Fsp3) is 0.400. The number of hydrogen-bond donors (Lipinski definition) is 1. The monoisotopic (exact) mass is 295 g/mol. The predicted octanol–water partition coefficient (Wildman–Crippen LogP) is 2.69. The van der Waals surface area contributed by atoms with Gasteiger partial charge in [0.25, 0.3) is 0 Å². The van der Waals surface area contributed by atoms with Gasteiger partial charge in [-0.15, -0.1) is 0 Å². The zero-order valence-electron chi connectivity index (χ0n) is 12.4. The Morgan fingerprint density at radius 2 is 1.95 bits per heavy atom. The van der Waals surface area contributed by atoms with E-state index < -0.39 is 11.6 Å². The molecule has 0 aliphatic heterocycles. The van der Waals surface area contributed by atoms with Gasteiger partial charge in [-0.25, -0.2) is 8.78 Å². The molecule has 0 bridgehead atoms. The van der Waals surface area contributed by atoms with Crippen LogP contribution in [0.2, 0.25) is 0 Å². The average Bonchev–Trinajstić information content (AvgIpc) is 2.86. The van der Waals surface area contributed by atoms with Gasteiger partial charge in [0.15, 0.2) is 5.75 Å². The second-order valence-corrected chi connectivity index (χ2v) is 4.74. The second kappa shape index (κ2) is 6.67. The number of benzene rings is 1. The summed E-state index contributed by atoms with van der Waals surface area (Å²) in [5.41, 5.74) is 1.45. The van der Waals surface area contributed by atoms with Crippen molar-refractivity contribution in [1.82, 2.24) is 15.1 Å². The number of aromatic nitrogens is 2. The van der Waals surface area contributed by atoms with Gasteiger partial charge in [0.1, 0.15) is 11.6 Å². The normalized spacial score (nSPS) is 12.4. The first kappa shape index (κ1) is 15.4. The van der Waals surface area contributed by atoms with E-state index >= 15 is 0 Å². The molecule has 2 aromatic rings. The molecule has 0 saturated carbocycles. The Balaban J connectivity index is 2.33. The second-order valence-electron chi connectivity index (χ2n) is 4.74. The van der Waals surface area contributed by atoms with Crippen molar-refractivity contribution in [2.75, 3.05) is 14.2 Å². The lowest BCUT2D eigenvalue weighted by Crippen LogP contribution is -2.23. The molecule has 21 heavy (non-hydrogen) atoms. The molecular formula is C15H19F2N3O. The molecule has 2 rings (SSSR count). The maximum absolute atomic E-state index is 13.3. The van der Waals surface area contributed by atoms with Gasteiger partial charge in [-0.2, -0.15) is 5.10 Å². The van der Waals surface area contributed by atoms with Crippen LogP contribution in [0, 0.1) is 11.6 Å². The van der Waals surface area contributed by atoms with Gasteiger partial charge in [0.05, 0.1) is 25.0 Å². The van der Waals surface area contributed by atoms with Crippen molar-refractivity contribution in [3.05, 3.63) is 47.3 Å². The lowest BCUT2D eigenvalue weighted by Gasteiger charge is -2.19. The summed E-state index contributed by atoms with van der Waals surface area (Å²) >= 11 is 0. The molecule has 114 valence electrons. The number of ether oxygens (including phenoxy) is 1. The summed E-state index contributed by atoms with van der Waals surface area (Å²) < 4.78 is 33.8. The van der Waals surface area contributed by atoms with Gasteiger partial charge in [0, 0.05) is 12.6 Å². The standard InChI is InChI=1S/C15H19F2N3O/c1-4-20-15(14(21-3)9-19-20)13(18-2)7-10-5-11(16)8-12(17)6-10/h5-6,8-9,13,18H,4,7H2,1-3H3. The number of methoxy groups -OCH3 is 1. The molecule has 0 spiro atoms. The summed E-state index contributed by atoms with van der Waals surface area (Å²) in [6, 6.07) is 3.40. The van der Waals surface area contributed by atoms with Gasteiger partial charge >= 0.3 is 0 Å². The molecular weight excluding hydrogens is 276 g/mol. The van der Waals surface area contributed by atoms with Crippen molar-refractivity contribution < 1.29 is 13.5 Å². The van der Waals surface area contributed by atoms with E-state index in [1.165, 1.54) is 12.1 Å². The molecule has 1 aromatic heterocycles. The van der Waals surface area contributed by atoms with Gasteiger partial charge in [-0.3, -0.25) is 4.68 Å². The minimum Gasteiger partial charge on any atom is -0.493 e. The number of nitrogens with one attached hydrogen (secondary N) is 1. The van der Waals surface area contributed by atoms with Crippen LogP contribution in [0.25, 0.3) is 0 Å². The quantitative estimate of drug-likeness (QED) is 0.890. The molecule has 1 heterocycles.